The van der Waals surface area contributed by atoms with Crippen LogP contribution in [0.25, 0.3) is 0 Å². The van der Waals surface area contributed by atoms with E-state index in [1.54, 1.807) is 7.11 Å². The van der Waals surface area contributed by atoms with E-state index < -0.39 is 0 Å². The molecule has 0 fully saturated rings. The van der Waals surface area contributed by atoms with Crippen molar-refractivity contribution in [3.63, 3.8) is 0 Å². The summed E-state index contributed by atoms with van der Waals surface area (Å²) in [6.07, 6.45) is 0. The van der Waals surface area contributed by atoms with Crippen LogP contribution in [0.1, 0.15) is 17.2 Å². The molecule has 0 aliphatic carbocycles. The lowest BCUT2D eigenvalue weighted by Crippen LogP contribution is -2.35. The van der Waals surface area contributed by atoms with E-state index in [1.807, 2.05) is 36.4 Å². The molecule has 0 amide bonds. The Morgan fingerprint density at radius 2 is 1.90 bits per heavy atom. The van der Waals surface area contributed by atoms with E-state index >= 15 is 0 Å². The molecule has 1 heterocycles. The molecule has 2 aromatic carbocycles. The van der Waals surface area contributed by atoms with Gasteiger partial charge in [0.1, 0.15) is 5.75 Å². The molecule has 108 valence electrons. The van der Waals surface area contributed by atoms with Crippen LogP contribution >= 0.6 is 0 Å². The van der Waals surface area contributed by atoms with Crippen LogP contribution < -0.4 is 15.4 Å². The van der Waals surface area contributed by atoms with Crippen LogP contribution in [-0.4, -0.2) is 19.6 Å². The number of nitrogens with zero attached hydrogens (tertiary/aromatic N) is 1. The molecule has 4 heteroatoms. The number of guanidine groups is 1. The van der Waals surface area contributed by atoms with Gasteiger partial charge in [-0.25, -0.2) is 0 Å². The van der Waals surface area contributed by atoms with Gasteiger partial charge < -0.3 is 15.4 Å². The maximum Gasteiger partial charge on any atom is 0.192 e. The number of benzene rings is 2. The number of methoxy groups -OCH3 is 1. The second-order valence-corrected chi connectivity index (χ2v) is 4.97. The highest BCUT2D eigenvalue weighted by atomic mass is 16.5. The molecule has 0 saturated heterocycles. The van der Waals surface area contributed by atoms with Crippen molar-refractivity contribution >= 4 is 5.96 Å². The molecule has 1 aliphatic rings. The maximum atomic E-state index is 5.41. The van der Waals surface area contributed by atoms with E-state index in [1.165, 1.54) is 5.56 Å². The summed E-state index contributed by atoms with van der Waals surface area (Å²) in [6.45, 7) is 1.49. The van der Waals surface area contributed by atoms with Crippen LogP contribution in [0, 0.1) is 0 Å². The van der Waals surface area contributed by atoms with Gasteiger partial charge in [0.2, 0.25) is 0 Å². The Balaban J connectivity index is 1.60. The largest absolute Gasteiger partial charge is 0.496 e. The molecule has 2 N–H and O–H groups in total. The number of nitrogens with one attached hydrogen (secondary N) is 2. The Morgan fingerprint density at radius 1 is 1.14 bits per heavy atom. The van der Waals surface area contributed by atoms with Crippen molar-refractivity contribution < 1.29 is 4.74 Å². The number of rotatable bonds is 4. The molecule has 1 unspecified atom stereocenters. The fourth-order valence-electron chi connectivity index (χ4n) is 2.46. The standard InChI is InChI=1S/C17H19N3O/c1-21-16-10-6-5-9-14(16)15-12-19-17(20-15)18-11-13-7-3-2-4-8-13/h2-10,15H,11-12H2,1H3,(H2,18,19,20). The minimum absolute atomic E-state index is 0.166. The van der Waals surface area contributed by atoms with E-state index in [-0.39, 0.29) is 6.04 Å². The SMILES string of the molecule is COc1ccccc1C1CN=C(NCc2ccccc2)N1. The van der Waals surface area contributed by atoms with Gasteiger partial charge in [-0.1, -0.05) is 48.5 Å². The van der Waals surface area contributed by atoms with Crippen molar-refractivity contribution in [1.82, 2.24) is 10.6 Å². The summed E-state index contributed by atoms with van der Waals surface area (Å²) >= 11 is 0. The average molecular weight is 281 g/mol. The summed E-state index contributed by atoms with van der Waals surface area (Å²) in [5.41, 5.74) is 2.38. The number of hydrogen-bond acceptors (Lipinski definition) is 4. The average Bonchev–Trinajstić information content (AvgIpc) is 3.02. The number of para-hydroxylation sites is 1. The summed E-state index contributed by atoms with van der Waals surface area (Å²) in [5.74, 6) is 1.74. The Hall–Kier alpha value is -2.49. The van der Waals surface area contributed by atoms with Crippen LogP contribution in [0.5, 0.6) is 5.75 Å². The van der Waals surface area contributed by atoms with Crippen LogP contribution in [0.15, 0.2) is 59.6 Å². The summed E-state index contributed by atoms with van der Waals surface area (Å²) in [5, 5.41) is 6.74. The lowest BCUT2D eigenvalue weighted by molar-refractivity contribution is 0.405. The van der Waals surface area contributed by atoms with Gasteiger partial charge in [-0.05, 0) is 11.6 Å². The smallest absolute Gasteiger partial charge is 0.192 e. The third-order valence-electron chi connectivity index (χ3n) is 3.56. The van der Waals surface area contributed by atoms with Crippen LogP contribution in [-0.2, 0) is 6.54 Å². The predicted molar refractivity (Wildman–Crippen MR) is 84.5 cm³/mol. The zero-order valence-corrected chi connectivity index (χ0v) is 12.0. The molecule has 0 spiro atoms. The van der Waals surface area contributed by atoms with Gasteiger partial charge in [0.05, 0.1) is 19.7 Å². The Bertz CT molecular complexity index is 625. The monoisotopic (exact) mass is 281 g/mol. The normalized spacial score (nSPS) is 17.0. The summed E-state index contributed by atoms with van der Waals surface area (Å²) in [7, 11) is 1.70. The summed E-state index contributed by atoms with van der Waals surface area (Å²) in [4.78, 5) is 4.52. The molecule has 0 radical (unpaired) electrons. The van der Waals surface area contributed by atoms with E-state index in [2.05, 4.69) is 33.8 Å². The van der Waals surface area contributed by atoms with E-state index in [0.29, 0.717) is 0 Å². The minimum atomic E-state index is 0.166. The van der Waals surface area contributed by atoms with Crippen molar-refractivity contribution in [1.29, 1.82) is 0 Å². The molecule has 21 heavy (non-hydrogen) atoms. The highest BCUT2D eigenvalue weighted by Crippen LogP contribution is 2.26. The van der Waals surface area contributed by atoms with Gasteiger partial charge in [0.15, 0.2) is 5.96 Å². The van der Waals surface area contributed by atoms with Crippen molar-refractivity contribution in [3.8, 4) is 5.75 Å². The molecule has 4 nitrogen and oxygen atoms in total. The zero-order valence-electron chi connectivity index (χ0n) is 12.0. The third kappa shape index (κ3) is 3.16. The van der Waals surface area contributed by atoms with Gasteiger partial charge in [-0.3, -0.25) is 4.99 Å². The van der Waals surface area contributed by atoms with Crippen molar-refractivity contribution in [2.45, 2.75) is 12.6 Å². The first-order valence-electron chi connectivity index (χ1n) is 7.08. The highest BCUT2D eigenvalue weighted by Gasteiger charge is 2.21. The van der Waals surface area contributed by atoms with E-state index in [0.717, 1.165) is 30.4 Å². The van der Waals surface area contributed by atoms with Crippen molar-refractivity contribution in [3.05, 3.63) is 65.7 Å². The maximum absolute atomic E-state index is 5.41. The summed E-state index contributed by atoms with van der Waals surface area (Å²) in [6, 6.07) is 18.5. The van der Waals surface area contributed by atoms with Gasteiger partial charge in [-0.2, -0.15) is 0 Å². The fraction of sp³-hybridized carbons (Fsp3) is 0.235. The lowest BCUT2D eigenvalue weighted by Gasteiger charge is -2.16. The molecule has 0 aromatic heterocycles. The molecule has 0 saturated carbocycles. The van der Waals surface area contributed by atoms with Crippen molar-refractivity contribution in [2.75, 3.05) is 13.7 Å². The molecular weight excluding hydrogens is 262 g/mol. The molecule has 2 aromatic rings. The Labute approximate surface area is 124 Å². The number of hydrogen-bond donors (Lipinski definition) is 2. The number of aliphatic imine (C=N–C) groups is 1. The Kier molecular flexibility index (Phi) is 4.05. The minimum Gasteiger partial charge on any atom is -0.496 e. The molecular formula is C17H19N3O. The summed E-state index contributed by atoms with van der Waals surface area (Å²) < 4.78 is 5.41. The van der Waals surface area contributed by atoms with Gasteiger partial charge in [-0.15, -0.1) is 0 Å². The fourth-order valence-corrected chi connectivity index (χ4v) is 2.46. The first-order valence-corrected chi connectivity index (χ1v) is 7.08. The second-order valence-electron chi connectivity index (χ2n) is 4.97. The second kappa shape index (κ2) is 6.31. The quantitative estimate of drug-likeness (QED) is 0.905. The first kappa shape index (κ1) is 13.5. The van der Waals surface area contributed by atoms with Gasteiger partial charge in [0.25, 0.3) is 0 Å². The van der Waals surface area contributed by atoms with Crippen LogP contribution in [0.3, 0.4) is 0 Å². The number of ether oxygens (including phenoxy) is 1. The third-order valence-corrected chi connectivity index (χ3v) is 3.56. The van der Waals surface area contributed by atoms with Gasteiger partial charge in [0, 0.05) is 12.1 Å². The van der Waals surface area contributed by atoms with Gasteiger partial charge >= 0.3 is 0 Å². The first-order chi connectivity index (χ1) is 10.4. The molecule has 0 bridgehead atoms. The molecule has 3 rings (SSSR count). The van der Waals surface area contributed by atoms with E-state index in [4.69, 9.17) is 4.74 Å². The molecule has 1 aliphatic heterocycles. The lowest BCUT2D eigenvalue weighted by atomic mass is 10.1. The Morgan fingerprint density at radius 3 is 2.71 bits per heavy atom. The predicted octanol–water partition coefficient (Wildman–Crippen LogP) is 2.49. The van der Waals surface area contributed by atoms with Crippen LogP contribution in [0.2, 0.25) is 0 Å². The molecule has 1 atom stereocenters. The van der Waals surface area contributed by atoms with E-state index in [9.17, 15) is 0 Å². The topological polar surface area (TPSA) is 45.6 Å². The highest BCUT2D eigenvalue weighted by molar-refractivity contribution is 5.82. The van der Waals surface area contributed by atoms with Crippen LogP contribution in [0.4, 0.5) is 0 Å². The zero-order chi connectivity index (χ0) is 14.5. The van der Waals surface area contributed by atoms with Crippen molar-refractivity contribution in [2.24, 2.45) is 4.99 Å².